The van der Waals surface area contributed by atoms with Gasteiger partial charge in [0.2, 0.25) is 5.91 Å². The Bertz CT molecular complexity index is 901. The van der Waals surface area contributed by atoms with Crippen molar-refractivity contribution in [3.8, 4) is 5.69 Å². The third-order valence-corrected chi connectivity index (χ3v) is 4.60. The van der Waals surface area contributed by atoms with Crippen molar-refractivity contribution in [2.45, 2.75) is 25.8 Å². The van der Waals surface area contributed by atoms with Gasteiger partial charge in [-0.05, 0) is 43.2 Å². The summed E-state index contributed by atoms with van der Waals surface area (Å²) in [6.07, 6.45) is 5.77. The summed E-state index contributed by atoms with van der Waals surface area (Å²) in [5, 5.41) is 2.88. The van der Waals surface area contributed by atoms with Gasteiger partial charge in [0.1, 0.15) is 17.4 Å². The summed E-state index contributed by atoms with van der Waals surface area (Å²) in [6.45, 7) is 2.12. The molecule has 0 aliphatic heterocycles. The molecule has 1 aromatic carbocycles. The molecule has 128 valence electrons. The highest BCUT2D eigenvalue weighted by Gasteiger charge is 2.45. The predicted octanol–water partition coefficient (Wildman–Crippen LogP) is 3.33. The third kappa shape index (κ3) is 3.07. The second-order valence-electron chi connectivity index (χ2n) is 6.31. The van der Waals surface area contributed by atoms with Gasteiger partial charge in [0, 0.05) is 30.8 Å². The van der Waals surface area contributed by atoms with E-state index in [1.807, 2.05) is 25.1 Å². The Labute approximate surface area is 144 Å². The fourth-order valence-corrected chi connectivity index (χ4v) is 3.11. The van der Waals surface area contributed by atoms with E-state index in [2.05, 4.69) is 10.3 Å². The number of rotatable bonds is 5. The van der Waals surface area contributed by atoms with E-state index in [-0.39, 0.29) is 23.6 Å². The van der Waals surface area contributed by atoms with Crippen LogP contribution in [0.25, 0.3) is 5.69 Å². The van der Waals surface area contributed by atoms with Gasteiger partial charge in [0.25, 0.3) is 0 Å². The van der Waals surface area contributed by atoms with E-state index in [0.717, 1.165) is 23.6 Å². The van der Waals surface area contributed by atoms with Crippen LogP contribution in [0.2, 0.25) is 0 Å². The lowest BCUT2D eigenvalue weighted by molar-refractivity contribution is -0.122. The molecule has 0 saturated heterocycles. The zero-order valence-corrected chi connectivity index (χ0v) is 13.8. The first-order valence-corrected chi connectivity index (χ1v) is 8.23. The Kier molecular flexibility index (Phi) is 3.87. The molecule has 1 saturated carbocycles. The van der Waals surface area contributed by atoms with Crippen LogP contribution in [0.5, 0.6) is 0 Å². The molecular formula is C19H18FN3O2. The Morgan fingerprint density at radius 2 is 2.32 bits per heavy atom. The van der Waals surface area contributed by atoms with Crippen LogP contribution in [-0.4, -0.2) is 15.5 Å². The molecule has 2 atom stereocenters. The second-order valence-corrected chi connectivity index (χ2v) is 6.31. The fraction of sp³-hybridized carbons (Fsp3) is 0.263. The Morgan fingerprint density at radius 3 is 3.00 bits per heavy atom. The molecule has 0 bridgehead atoms. The van der Waals surface area contributed by atoms with Gasteiger partial charge in [0.05, 0.1) is 12.0 Å². The molecule has 2 heterocycles. The van der Waals surface area contributed by atoms with Crippen LogP contribution in [0, 0.1) is 18.7 Å². The quantitative estimate of drug-likeness (QED) is 0.776. The monoisotopic (exact) mass is 339 g/mol. The van der Waals surface area contributed by atoms with Crippen molar-refractivity contribution in [2.24, 2.45) is 5.92 Å². The predicted molar refractivity (Wildman–Crippen MR) is 89.7 cm³/mol. The van der Waals surface area contributed by atoms with Gasteiger partial charge in [-0.1, -0.05) is 6.07 Å². The van der Waals surface area contributed by atoms with Gasteiger partial charge in [-0.3, -0.25) is 4.79 Å². The average molecular weight is 339 g/mol. The highest BCUT2D eigenvalue weighted by molar-refractivity contribution is 5.82. The largest absolute Gasteiger partial charge is 0.469 e. The van der Waals surface area contributed by atoms with Crippen molar-refractivity contribution in [2.75, 3.05) is 0 Å². The zero-order valence-electron chi connectivity index (χ0n) is 13.8. The first-order valence-electron chi connectivity index (χ1n) is 8.23. The number of aromatic nitrogens is 2. The van der Waals surface area contributed by atoms with Crippen LogP contribution in [0.3, 0.4) is 0 Å². The van der Waals surface area contributed by atoms with E-state index in [1.165, 1.54) is 6.07 Å². The van der Waals surface area contributed by atoms with Crippen LogP contribution in [0.1, 0.15) is 29.5 Å². The van der Waals surface area contributed by atoms with Crippen LogP contribution >= 0.6 is 0 Å². The van der Waals surface area contributed by atoms with E-state index in [1.54, 1.807) is 29.3 Å². The molecule has 1 fully saturated rings. The van der Waals surface area contributed by atoms with Gasteiger partial charge >= 0.3 is 0 Å². The number of carbonyl (C=O) groups is 1. The third-order valence-electron chi connectivity index (χ3n) is 4.60. The molecule has 6 heteroatoms. The summed E-state index contributed by atoms with van der Waals surface area (Å²) in [5.41, 5.74) is 1.17. The van der Waals surface area contributed by atoms with Crippen LogP contribution in [-0.2, 0) is 11.3 Å². The highest BCUT2D eigenvalue weighted by atomic mass is 19.1. The number of halogens is 1. The van der Waals surface area contributed by atoms with Gasteiger partial charge in [-0.2, -0.15) is 0 Å². The Morgan fingerprint density at radius 1 is 1.44 bits per heavy atom. The minimum Gasteiger partial charge on any atom is -0.469 e. The second kappa shape index (κ2) is 6.20. The van der Waals surface area contributed by atoms with Crippen molar-refractivity contribution in [3.05, 3.63) is 72.0 Å². The SMILES string of the molecule is Cc1nccn1-c1ccc(CNC(=O)C2CC2c2ccco2)cc1F. The maximum Gasteiger partial charge on any atom is 0.224 e. The minimum atomic E-state index is -0.340. The number of amides is 1. The summed E-state index contributed by atoms with van der Waals surface area (Å²) in [4.78, 5) is 16.3. The van der Waals surface area contributed by atoms with Gasteiger partial charge in [-0.25, -0.2) is 9.37 Å². The van der Waals surface area contributed by atoms with E-state index >= 15 is 0 Å². The van der Waals surface area contributed by atoms with Crippen molar-refractivity contribution in [1.82, 2.24) is 14.9 Å². The van der Waals surface area contributed by atoms with Gasteiger partial charge in [0.15, 0.2) is 0 Å². The molecule has 25 heavy (non-hydrogen) atoms. The van der Waals surface area contributed by atoms with Crippen LogP contribution < -0.4 is 5.32 Å². The van der Waals surface area contributed by atoms with Crippen molar-refractivity contribution in [1.29, 1.82) is 0 Å². The van der Waals surface area contributed by atoms with Crippen LogP contribution in [0.15, 0.2) is 53.4 Å². The molecule has 3 aromatic rings. The normalized spacial score (nSPS) is 19.0. The number of benzene rings is 1. The van der Waals surface area contributed by atoms with Crippen molar-refractivity contribution < 1.29 is 13.6 Å². The Hall–Kier alpha value is -2.89. The number of carbonyl (C=O) groups excluding carboxylic acids is 1. The average Bonchev–Trinajstić information content (AvgIpc) is 3.01. The first kappa shape index (κ1) is 15.6. The summed E-state index contributed by atoms with van der Waals surface area (Å²) in [6, 6.07) is 8.69. The summed E-state index contributed by atoms with van der Waals surface area (Å²) in [7, 11) is 0. The first-order chi connectivity index (χ1) is 12.1. The Balaban J connectivity index is 1.38. The molecule has 0 spiro atoms. The fourth-order valence-electron chi connectivity index (χ4n) is 3.11. The lowest BCUT2D eigenvalue weighted by atomic mass is 10.2. The number of furan rings is 1. The molecule has 1 aliphatic carbocycles. The molecule has 2 unspecified atom stereocenters. The number of nitrogens with one attached hydrogen (secondary N) is 1. The molecule has 2 aromatic heterocycles. The molecule has 1 amide bonds. The van der Waals surface area contributed by atoms with E-state index < -0.39 is 0 Å². The summed E-state index contributed by atoms with van der Waals surface area (Å²) >= 11 is 0. The highest BCUT2D eigenvalue weighted by Crippen LogP contribution is 2.47. The van der Waals surface area contributed by atoms with E-state index in [9.17, 15) is 9.18 Å². The molecule has 1 aliphatic rings. The topological polar surface area (TPSA) is 60.1 Å². The lowest BCUT2D eigenvalue weighted by Gasteiger charge is -2.09. The minimum absolute atomic E-state index is 0.0173. The molecule has 4 rings (SSSR count). The number of imidazole rings is 1. The summed E-state index contributed by atoms with van der Waals surface area (Å²) < 4.78 is 21.4. The van der Waals surface area contributed by atoms with Gasteiger partial charge in [-0.15, -0.1) is 0 Å². The zero-order chi connectivity index (χ0) is 17.4. The lowest BCUT2D eigenvalue weighted by Crippen LogP contribution is -2.25. The number of hydrogen-bond acceptors (Lipinski definition) is 3. The van der Waals surface area contributed by atoms with Crippen molar-refractivity contribution >= 4 is 5.91 Å². The number of hydrogen-bond donors (Lipinski definition) is 1. The van der Waals surface area contributed by atoms with Crippen molar-refractivity contribution in [3.63, 3.8) is 0 Å². The smallest absolute Gasteiger partial charge is 0.224 e. The molecule has 0 radical (unpaired) electrons. The van der Waals surface area contributed by atoms with Crippen LogP contribution in [0.4, 0.5) is 4.39 Å². The number of nitrogens with zero attached hydrogens (tertiary/aromatic N) is 2. The standard InChI is InChI=1S/C19H18FN3O2/c1-12-21-6-7-23(12)17-5-4-13(9-16(17)20)11-22-19(24)15-10-14(15)18-3-2-8-25-18/h2-9,14-15H,10-11H2,1H3,(H,22,24). The molecular weight excluding hydrogens is 321 g/mol. The maximum atomic E-state index is 14.4. The van der Waals surface area contributed by atoms with E-state index in [0.29, 0.717) is 12.2 Å². The van der Waals surface area contributed by atoms with Gasteiger partial charge < -0.3 is 14.3 Å². The van der Waals surface area contributed by atoms with E-state index in [4.69, 9.17) is 4.42 Å². The molecule has 1 N–H and O–H groups in total. The summed E-state index contributed by atoms with van der Waals surface area (Å²) in [5.74, 6) is 1.33. The number of aryl methyl sites for hydroxylation is 1. The molecule has 5 nitrogen and oxygen atoms in total. The maximum absolute atomic E-state index is 14.4.